The molecule has 0 radical (unpaired) electrons. The number of aromatic nitrogens is 2. The van der Waals surface area contributed by atoms with E-state index in [1.165, 1.54) is 6.42 Å². The largest absolute Gasteiger partial charge is 0.317 e. The lowest BCUT2D eigenvalue weighted by molar-refractivity contribution is 0.502. The van der Waals surface area contributed by atoms with Crippen LogP contribution in [0.15, 0.2) is 6.20 Å². The van der Waals surface area contributed by atoms with Gasteiger partial charge in [0.1, 0.15) is 0 Å². The lowest BCUT2D eigenvalue weighted by atomic mass is 10.2. The van der Waals surface area contributed by atoms with Crippen LogP contribution in [0.4, 0.5) is 0 Å². The molecule has 1 aromatic rings. The van der Waals surface area contributed by atoms with E-state index >= 15 is 0 Å². The summed E-state index contributed by atoms with van der Waals surface area (Å²) < 4.78 is 2.02. The first kappa shape index (κ1) is 13.5. The summed E-state index contributed by atoms with van der Waals surface area (Å²) in [5.74, 6) is 0. The van der Waals surface area contributed by atoms with Gasteiger partial charge in [0.2, 0.25) is 0 Å². The normalized spacial score (nSPS) is 11.3. The number of rotatable bonds is 7. The van der Waals surface area contributed by atoms with Crippen LogP contribution in [0.5, 0.6) is 0 Å². The summed E-state index contributed by atoms with van der Waals surface area (Å²) in [4.78, 5) is 0. The van der Waals surface area contributed by atoms with Gasteiger partial charge in [-0.05, 0) is 46.2 Å². The smallest absolute Gasteiger partial charge is 0.0817 e. The number of hydrogen-bond acceptors (Lipinski definition) is 2. The van der Waals surface area contributed by atoms with Crippen LogP contribution in [-0.4, -0.2) is 22.9 Å². The molecule has 0 aliphatic carbocycles. The van der Waals surface area contributed by atoms with Crippen molar-refractivity contribution in [1.29, 1.82) is 0 Å². The summed E-state index contributed by atoms with van der Waals surface area (Å²) in [5.41, 5.74) is 1.16. The Morgan fingerprint density at radius 2 is 2.19 bits per heavy atom. The molecule has 1 N–H and O–H groups in total. The number of nitrogens with zero attached hydrogens (tertiary/aromatic N) is 2. The molecule has 0 bridgehead atoms. The van der Waals surface area contributed by atoms with Gasteiger partial charge in [0.05, 0.1) is 16.9 Å². The fourth-order valence-corrected chi connectivity index (χ4v) is 1.95. The summed E-state index contributed by atoms with van der Waals surface area (Å²) in [6.07, 6.45) is 5.03. The molecular weight excluding hydrogens is 222 g/mol. The summed E-state index contributed by atoms with van der Waals surface area (Å²) in [7, 11) is 0. The zero-order valence-electron chi connectivity index (χ0n) is 10.5. The third-order valence-electron chi connectivity index (χ3n) is 2.53. The fourth-order valence-electron chi connectivity index (χ4n) is 1.73. The van der Waals surface area contributed by atoms with Gasteiger partial charge < -0.3 is 5.32 Å². The van der Waals surface area contributed by atoms with E-state index in [0.717, 1.165) is 36.6 Å². The Kier molecular flexibility index (Phi) is 5.85. The van der Waals surface area contributed by atoms with Crippen molar-refractivity contribution in [2.24, 2.45) is 0 Å². The molecule has 1 aromatic heterocycles. The monoisotopic (exact) mass is 243 g/mol. The zero-order valence-corrected chi connectivity index (χ0v) is 11.2. The number of nitrogens with one attached hydrogen (secondary N) is 1. The van der Waals surface area contributed by atoms with Crippen molar-refractivity contribution in [2.75, 3.05) is 13.1 Å². The van der Waals surface area contributed by atoms with Crippen LogP contribution in [0, 0.1) is 0 Å². The molecule has 0 aliphatic rings. The molecule has 0 saturated heterocycles. The van der Waals surface area contributed by atoms with Crippen molar-refractivity contribution in [2.45, 2.75) is 46.1 Å². The van der Waals surface area contributed by atoms with Crippen molar-refractivity contribution >= 4 is 11.6 Å². The van der Waals surface area contributed by atoms with Crippen molar-refractivity contribution < 1.29 is 0 Å². The molecule has 16 heavy (non-hydrogen) atoms. The van der Waals surface area contributed by atoms with E-state index in [2.05, 4.69) is 31.2 Å². The minimum Gasteiger partial charge on any atom is -0.317 e. The minimum absolute atomic E-state index is 0.381. The van der Waals surface area contributed by atoms with E-state index < -0.39 is 0 Å². The van der Waals surface area contributed by atoms with Gasteiger partial charge >= 0.3 is 0 Å². The average molecular weight is 244 g/mol. The molecule has 0 aliphatic heterocycles. The number of halogens is 1. The lowest BCUT2D eigenvalue weighted by Gasteiger charge is -2.11. The van der Waals surface area contributed by atoms with E-state index in [-0.39, 0.29) is 0 Å². The molecule has 0 fully saturated rings. The third kappa shape index (κ3) is 3.80. The Labute approximate surface area is 103 Å². The van der Waals surface area contributed by atoms with Gasteiger partial charge in [-0.2, -0.15) is 5.10 Å². The van der Waals surface area contributed by atoms with Gasteiger partial charge in [-0.3, -0.25) is 4.68 Å². The maximum absolute atomic E-state index is 6.13. The molecule has 0 spiro atoms. The van der Waals surface area contributed by atoms with Crippen molar-refractivity contribution in [3.63, 3.8) is 0 Å². The maximum Gasteiger partial charge on any atom is 0.0817 e. The van der Waals surface area contributed by atoms with Gasteiger partial charge in [-0.25, -0.2) is 0 Å². The molecule has 1 rings (SSSR count). The molecule has 0 amide bonds. The highest BCUT2D eigenvalue weighted by Crippen LogP contribution is 2.19. The van der Waals surface area contributed by atoms with Crippen molar-refractivity contribution in [3.05, 3.63) is 16.9 Å². The highest BCUT2D eigenvalue weighted by molar-refractivity contribution is 6.31. The van der Waals surface area contributed by atoms with Gasteiger partial charge in [0.15, 0.2) is 0 Å². The van der Waals surface area contributed by atoms with Crippen LogP contribution >= 0.6 is 11.6 Å². The van der Waals surface area contributed by atoms with E-state index in [0.29, 0.717) is 6.04 Å². The predicted octanol–water partition coefficient (Wildman–Crippen LogP) is 3.05. The Morgan fingerprint density at radius 3 is 2.81 bits per heavy atom. The van der Waals surface area contributed by atoms with E-state index in [1.54, 1.807) is 6.20 Å². The van der Waals surface area contributed by atoms with Crippen molar-refractivity contribution in [1.82, 2.24) is 15.1 Å². The van der Waals surface area contributed by atoms with Gasteiger partial charge in [-0.15, -0.1) is 0 Å². The molecule has 3 nitrogen and oxygen atoms in total. The van der Waals surface area contributed by atoms with Crippen LogP contribution in [-0.2, 0) is 6.42 Å². The van der Waals surface area contributed by atoms with E-state index in [1.807, 2.05) is 4.68 Å². The van der Waals surface area contributed by atoms with Crippen LogP contribution < -0.4 is 5.32 Å². The fraction of sp³-hybridized carbons (Fsp3) is 0.750. The Hall–Kier alpha value is -0.540. The van der Waals surface area contributed by atoms with Gasteiger partial charge in [0, 0.05) is 6.04 Å². The maximum atomic E-state index is 6.13. The second-order valence-corrected chi connectivity index (χ2v) is 4.74. The minimum atomic E-state index is 0.381. The van der Waals surface area contributed by atoms with Crippen LogP contribution in [0.1, 0.15) is 45.3 Å². The number of hydrogen-bond donors (Lipinski definition) is 1. The third-order valence-corrected chi connectivity index (χ3v) is 2.85. The quantitative estimate of drug-likeness (QED) is 0.746. The van der Waals surface area contributed by atoms with Gasteiger partial charge in [0.25, 0.3) is 0 Å². The molecule has 0 atom stereocenters. The first-order valence-corrected chi connectivity index (χ1v) is 6.47. The lowest BCUT2D eigenvalue weighted by Crippen LogP contribution is -2.17. The van der Waals surface area contributed by atoms with Crippen LogP contribution in [0.3, 0.4) is 0 Å². The molecule has 0 unspecified atom stereocenters. The summed E-state index contributed by atoms with van der Waals surface area (Å²) in [6, 6.07) is 0.381. The van der Waals surface area contributed by atoms with Crippen LogP contribution in [0.25, 0.3) is 0 Å². The van der Waals surface area contributed by atoms with E-state index in [4.69, 9.17) is 11.6 Å². The van der Waals surface area contributed by atoms with Crippen LogP contribution in [0.2, 0.25) is 5.02 Å². The van der Waals surface area contributed by atoms with E-state index in [9.17, 15) is 0 Å². The second-order valence-electron chi connectivity index (χ2n) is 4.33. The molecule has 1 heterocycles. The highest BCUT2D eigenvalue weighted by atomic mass is 35.5. The molecular formula is C12H22ClN3. The molecule has 4 heteroatoms. The molecule has 92 valence electrons. The standard InChI is InChI=1S/C12H22ClN3/c1-4-7-14-8-5-6-12-11(13)9-15-16(12)10(2)3/h9-10,14H,4-8H2,1-3H3. The van der Waals surface area contributed by atoms with Gasteiger partial charge in [-0.1, -0.05) is 18.5 Å². The Morgan fingerprint density at radius 1 is 1.44 bits per heavy atom. The average Bonchev–Trinajstić information content (AvgIpc) is 2.60. The summed E-state index contributed by atoms with van der Waals surface area (Å²) in [6.45, 7) is 8.58. The highest BCUT2D eigenvalue weighted by Gasteiger charge is 2.10. The first-order chi connectivity index (χ1) is 7.66. The summed E-state index contributed by atoms with van der Waals surface area (Å²) >= 11 is 6.13. The Bertz CT molecular complexity index is 307. The Balaban J connectivity index is 2.43. The zero-order chi connectivity index (χ0) is 12.0. The SMILES string of the molecule is CCCNCCCc1c(Cl)cnn1C(C)C. The first-order valence-electron chi connectivity index (χ1n) is 6.09. The summed E-state index contributed by atoms with van der Waals surface area (Å²) in [5, 5.41) is 8.48. The predicted molar refractivity (Wildman–Crippen MR) is 69.1 cm³/mol. The van der Waals surface area contributed by atoms with Crippen molar-refractivity contribution in [3.8, 4) is 0 Å². The molecule has 0 saturated carbocycles. The second kappa shape index (κ2) is 6.92. The topological polar surface area (TPSA) is 29.9 Å². The molecule has 0 aromatic carbocycles.